The number of fused-ring (bicyclic) bond motifs is 1. The minimum atomic E-state index is -4.48. The number of alkyl halides is 3. The van der Waals surface area contributed by atoms with Crippen molar-refractivity contribution < 1.29 is 13.2 Å². The number of hydrogen-bond acceptors (Lipinski definition) is 7. The lowest BCUT2D eigenvalue weighted by Gasteiger charge is -2.32. The average Bonchev–Trinajstić information content (AvgIpc) is 3.10. The topological polar surface area (TPSA) is 75.3 Å². The Morgan fingerprint density at radius 1 is 0.793 bits per heavy atom. The normalized spacial score (nSPS) is 18.3. The fourth-order valence-corrected chi connectivity index (χ4v) is 3.78. The van der Waals surface area contributed by atoms with E-state index in [-0.39, 0.29) is 5.92 Å². The summed E-state index contributed by atoms with van der Waals surface area (Å²) >= 11 is 0. The molecule has 2 fully saturated rings. The van der Waals surface area contributed by atoms with E-state index in [0.717, 1.165) is 49.3 Å². The van der Waals surface area contributed by atoms with Crippen LogP contribution in [0.15, 0.2) is 24.3 Å². The highest BCUT2D eigenvalue weighted by atomic mass is 19.4. The van der Waals surface area contributed by atoms with Crippen molar-refractivity contribution >= 4 is 17.3 Å². The van der Waals surface area contributed by atoms with E-state index < -0.39 is 11.9 Å². The summed E-state index contributed by atoms with van der Waals surface area (Å²) in [4.78, 5) is 4.17. The highest BCUT2D eigenvalue weighted by molar-refractivity contribution is 5.47. The van der Waals surface area contributed by atoms with Gasteiger partial charge in [0.05, 0.1) is 0 Å². The first-order valence-corrected chi connectivity index (χ1v) is 9.62. The van der Waals surface area contributed by atoms with Gasteiger partial charge < -0.3 is 9.80 Å². The van der Waals surface area contributed by atoms with Crippen LogP contribution < -0.4 is 9.80 Å². The van der Waals surface area contributed by atoms with E-state index in [1.165, 1.54) is 12.5 Å². The molecule has 5 heterocycles. The summed E-state index contributed by atoms with van der Waals surface area (Å²) in [7, 11) is 0. The van der Waals surface area contributed by atoms with Gasteiger partial charge in [-0.2, -0.15) is 17.7 Å². The smallest absolute Gasteiger partial charge is 0.355 e. The van der Waals surface area contributed by atoms with Gasteiger partial charge in [0.15, 0.2) is 23.0 Å². The van der Waals surface area contributed by atoms with Crippen LogP contribution in [-0.4, -0.2) is 56.2 Å². The zero-order chi connectivity index (χ0) is 20.0. The van der Waals surface area contributed by atoms with E-state index in [4.69, 9.17) is 5.10 Å². The fourth-order valence-electron chi connectivity index (χ4n) is 3.78. The first kappa shape index (κ1) is 18.1. The van der Waals surface area contributed by atoms with Crippen molar-refractivity contribution in [3.63, 3.8) is 0 Å². The average molecular weight is 404 g/mol. The quantitative estimate of drug-likeness (QED) is 0.664. The molecular weight excluding hydrogens is 385 g/mol. The molecule has 5 rings (SSSR count). The maximum Gasteiger partial charge on any atom is 0.435 e. The van der Waals surface area contributed by atoms with Gasteiger partial charge in [0.2, 0.25) is 0 Å². The Labute approximate surface area is 164 Å². The molecule has 3 aromatic heterocycles. The highest BCUT2D eigenvalue weighted by Gasteiger charge is 2.33. The van der Waals surface area contributed by atoms with Crippen LogP contribution in [0.3, 0.4) is 0 Å². The first-order valence-electron chi connectivity index (χ1n) is 9.62. The summed E-state index contributed by atoms with van der Waals surface area (Å²) in [5, 5.41) is 20.4. The Bertz CT molecular complexity index is 1000. The molecule has 11 heteroatoms. The van der Waals surface area contributed by atoms with Crippen LogP contribution in [-0.2, 0) is 6.18 Å². The van der Waals surface area contributed by atoms with Crippen molar-refractivity contribution in [2.24, 2.45) is 0 Å². The van der Waals surface area contributed by atoms with Gasteiger partial charge in [0.25, 0.3) is 0 Å². The highest BCUT2D eigenvalue weighted by Crippen LogP contribution is 2.31. The standard InChI is InChI=1S/C18H19F3N8/c19-18(20,21)13-2-3-14(23-22-13)28-10-6-12(7-11-28)17-25-24-15-4-5-16(26-29(15)17)27-8-1-9-27/h2-5,12H,1,6-11H2. The van der Waals surface area contributed by atoms with Crippen molar-refractivity contribution in [2.45, 2.75) is 31.4 Å². The molecular formula is C18H19F3N8. The first-order chi connectivity index (χ1) is 14.0. The zero-order valence-corrected chi connectivity index (χ0v) is 15.5. The Hall–Kier alpha value is -2.98. The number of piperidine rings is 1. The molecule has 0 atom stereocenters. The molecule has 29 heavy (non-hydrogen) atoms. The molecule has 2 aliphatic heterocycles. The maximum atomic E-state index is 12.7. The Balaban J connectivity index is 1.30. The van der Waals surface area contributed by atoms with E-state index in [9.17, 15) is 13.2 Å². The summed E-state index contributed by atoms with van der Waals surface area (Å²) in [6.45, 7) is 3.35. The molecule has 0 saturated carbocycles. The Kier molecular flexibility index (Phi) is 4.25. The third-order valence-electron chi connectivity index (χ3n) is 5.58. The molecule has 0 aromatic carbocycles. The minimum Gasteiger partial charge on any atom is -0.355 e. The summed E-state index contributed by atoms with van der Waals surface area (Å²) in [6.07, 6.45) is -1.71. The second-order valence-corrected chi connectivity index (χ2v) is 7.40. The van der Waals surface area contributed by atoms with Gasteiger partial charge >= 0.3 is 6.18 Å². The summed E-state index contributed by atoms with van der Waals surface area (Å²) in [5.74, 6) is 2.41. The van der Waals surface area contributed by atoms with E-state index in [1.54, 1.807) is 0 Å². The molecule has 2 saturated heterocycles. The maximum absolute atomic E-state index is 12.7. The Morgan fingerprint density at radius 2 is 1.52 bits per heavy atom. The molecule has 8 nitrogen and oxygen atoms in total. The molecule has 0 spiro atoms. The lowest BCUT2D eigenvalue weighted by molar-refractivity contribution is -0.141. The summed E-state index contributed by atoms with van der Waals surface area (Å²) < 4.78 is 39.8. The predicted molar refractivity (Wildman–Crippen MR) is 98.8 cm³/mol. The van der Waals surface area contributed by atoms with E-state index in [2.05, 4.69) is 25.3 Å². The van der Waals surface area contributed by atoms with Crippen LogP contribution in [0.2, 0.25) is 0 Å². The summed E-state index contributed by atoms with van der Waals surface area (Å²) in [5.41, 5.74) is -0.254. The van der Waals surface area contributed by atoms with Crippen molar-refractivity contribution in [2.75, 3.05) is 36.0 Å². The molecule has 0 N–H and O–H groups in total. The monoisotopic (exact) mass is 404 g/mol. The van der Waals surface area contributed by atoms with Crippen molar-refractivity contribution in [3.05, 3.63) is 35.8 Å². The van der Waals surface area contributed by atoms with Gasteiger partial charge in [-0.25, -0.2) is 0 Å². The number of aromatic nitrogens is 6. The number of hydrogen-bond donors (Lipinski definition) is 0. The van der Waals surface area contributed by atoms with Crippen LogP contribution in [0.1, 0.15) is 36.7 Å². The van der Waals surface area contributed by atoms with Crippen LogP contribution in [0.5, 0.6) is 0 Å². The van der Waals surface area contributed by atoms with E-state index in [0.29, 0.717) is 18.9 Å². The molecule has 3 aromatic rings. The molecule has 2 aliphatic rings. The second kappa shape index (κ2) is 6.82. The van der Waals surface area contributed by atoms with Crippen molar-refractivity contribution in [1.82, 2.24) is 30.0 Å². The third-order valence-corrected chi connectivity index (χ3v) is 5.58. The fraction of sp³-hybridized carbons (Fsp3) is 0.500. The SMILES string of the molecule is FC(F)(F)c1ccc(N2CCC(c3nnc4ccc(N5CCC5)nn34)CC2)nn1. The predicted octanol–water partition coefficient (Wildman–Crippen LogP) is 2.53. The summed E-state index contributed by atoms with van der Waals surface area (Å²) in [6, 6.07) is 6.26. The van der Waals surface area contributed by atoms with Crippen LogP contribution >= 0.6 is 0 Å². The van der Waals surface area contributed by atoms with Gasteiger partial charge in [0, 0.05) is 32.1 Å². The number of halogens is 3. The molecule has 0 aliphatic carbocycles. The van der Waals surface area contributed by atoms with Crippen molar-refractivity contribution in [1.29, 1.82) is 0 Å². The van der Waals surface area contributed by atoms with Crippen LogP contribution in [0.25, 0.3) is 5.65 Å². The van der Waals surface area contributed by atoms with Crippen molar-refractivity contribution in [3.8, 4) is 0 Å². The minimum absolute atomic E-state index is 0.183. The lowest BCUT2D eigenvalue weighted by atomic mass is 9.96. The third kappa shape index (κ3) is 3.34. The van der Waals surface area contributed by atoms with Gasteiger partial charge in [-0.3, -0.25) is 0 Å². The van der Waals surface area contributed by atoms with Gasteiger partial charge in [-0.1, -0.05) is 0 Å². The Morgan fingerprint density at radius 3 is 2.14 bits per heavy atom. The molecule has 152 valence electrons. The second-order valence-electron chi connectivity index (χ2n) is 7.40. The number of rotatable bonds is 3. The number of anilines is 2. The molecule has 0 unspecified atom stereocenters. The van der Waals surface area contributed by atoms with E-state index >= 15 is 0 Å². The van der Waals surface area contributed by atoms with Crippen LogP contribution in [0, 0.1) is 0 Å². The van der Waals surface area contributed by atoms with Gasteiger partial charge in [-0.05, 0) is 43.5 Å². The number of nitrogens with zero attached hydrogens (tertiary/aromatic N) is 8. The largest absolute Gasteiger partial charge is 0.435 e. The van der Waals surface area contributed by atoms with Crippen LogP contribution in [0.4, 0.5) is 24.8 Å². The molecule has 0 bridgehead atoms. The van der Waals surface area contributed by atoms with Gasteiger partial charge in [-0.15, -0.1) is 25.5 Å². The molecule has 0 amide bonds. The molecule has 0 radical (unpaired) electrons. The zero-order valence-electron chi connectivity index (χ0n) is 15.5. The van der Waals surface area contributed by atoms with E-state index in [1.807, 2.05) is 21.5 Å². The lowest BCUT2D eigenvalue weighted by Crippen LogP contribution is -2.38. The van der Waals surface area contributed by atoms with Gasteiger partial charge in [0.1, 0.15) is 5.82 Å².